The van der Waals surface area contributed by atoms with E-state index < -0.39 is 11.7 Å². The van der Waals surface area contributed by atoms with Gasteiger partial charge in [0.1, 0.15) is 5.82 Å². The Labute approximate surface area is 157 Å². The van der Waals surface area contributed by atoms with Crippen molar-refractivity contribution in [2.45, 2.75) is 31.3 Å². The Bertz CT molecular complexity index is 856. The number of rotatable bonds is 4. The topological polar surface area (TPSA) is 61.4 Å². The lowest BCUT2D eigenvalue weighted by Crippen LogP contribution is -2.41. The third-order valence-electron chi connectivity index (χ3n) is 5.24. The van der Waals surface area contributed by atoms with Crippen molar-refractivity contribution in [3.05, 3.63) is 65.5 Å². The molecular weight excluding hydrogens is 345 g/mol. The van der Waals surface area contributed by atoms with E-state index >= 15 is 0 Å². The van der Waals surface area contributed by atoms with Crippen LogP contribution < -0.4 is 10.6 Å². The lowest BCUT2D eigenvalue weighted by atomic mass is 9.89. The molecule has 5 nitrogen and oxygen atoms in total. The van der Waals surface area contributed by atoms with E-state index in [1.54, 1.807) is 6.07 Å². The predicted octanol–water partition coefficient (Wildman–Crippen LogP) is 2.64. The molecule has 4 rings (SSSR count). The molecule has 6 heteroatoms. The van der Waals surface area contributed by atoms with E-state index in [1.807, 2.05) is 18.2 Å². The van der Waals surface area contributed by atoms with Gasteiger partial charge in [-0.05, 0) is 29.7 Å². The van der Waals surface area contributed by atoms with Gasteiger partial charge < -0.3 is 10.6 Å². The van der Waals surface area contributed by atoms with E-state index in [-0.39, 0.29) is 24.3 Å². The maximum Gasteiger partial charge on any atom is 0.228 e. The van der Waals surface area contributed by atoms with Crippen LogP contribution in [0.25, 0.3) is 0 Å². The van der Waals surface area contributed by atoms with Crippen molar-refractivity contribution in [1.82, 2.24) is 10.2 Å². The normalized spacial score (nSPS) is 22.2. The molecule has 1 fully saturated rings. The smallest absolute Gasteiger partial charge is 0.228 e. The van der Waals surface area contributed by atoms with Gasteiger partial charge in [0.2, 0.25) is 11.8 Å². The Morgan fingerprint density at radius 1 is 1.22 bits per heavy atom. The van der Waals surface area contributed by atoms with Gasteiger partial charge in [-0.15, -0.1) is 0 Å². The number of likely N-dealkylation sites (tertiary alicyclic amines) is 1. The molecule has 2 aromatic rings. The molecule has 0 aromatic heterocycles. The van der Waals surface area contributed by atoms with Gasteiger partial charge in [0.25, 0.3) is 0 Å². The zero-order valence-corrected chi connectivity index (χ0v) is 15.0. The fourth-order valence-electron chi connectivity index (χ4n) is 3.91. The highest BCUT2D eigenvalue weighted by Crippen LogP contribution is 2.33. The van der Waals surface area contributed by atoms with Crippen LogP contribution in [-0.2, 0) is 16.1 Å². The van der Waals surface area contributed by atoms with Crippen molar-refractivity contribution in [3.8, 4) is 0 Å². The second-order valence-electron chi connectivity index (χ2n) is 7.25. The van der Waals surface area contributed by atoms with E-state index in [1.165, 1.54) is 17.7 Å². The van der Waals surface area contributed by atoms with Crippen LogP contribution in [0.2, 0.25) is 0 Å². The molecule has 2 unspecified atom stereocenters. The average molecular weight is 367 g/mol. The SMILES string of the molecule is O=C1CC(C(=O)NC2CCN(Cc3ccccc3)C2)c2ccc(F)cc2N1. The highest BCUT2D eigenvalue weighted by Gasteiger charge is 2.33. The minimum absolute atomic E-state index is 0.0649. The molecule has 2 aliphatic heterocycles. The Hall–Kier alpha value is -2.73. The third kappa shape index (κ3) is 4.01. The molecule has 27 heavy (non-hydrogen) atoms. The maximum absolute atomic E-state index is 13.4. The second kappa shape index (κ2) is 7.48. The minimum atomic E-state index is -0.572. The summed E-state index contributed by atoms with van der Waals surface area (Å²) in [4.78, 5) is 27.0. The molecular formula is C21H22FN3O2. The van der Waals surface area contributed by atoms with Crippen molar-refractivity contribution < 1.29 is 14.0 Å². The van der Waals surface area contributed by atoms with Crippen LogP contribution in [0.15, 0.2) is 48.5 Å². The Morgan fingerprint density at radius 3 is 2.85 bits per heavy atom. The van der Waals surface area contributed by atoms with E-state index in [0.29, 0.717) is 11.3 Å². The summed E-state index contributed by atoms with van der Waals surface area (Å²) in [7, 11) is 0. The first-order chi connectivity index (χ1) is 13.1. The van der Waals surface area contributed by atoms with E-state index in [2.05, 4.69) is 27.7 Å². The summed E-state index contributed by atoms with van der Waals surface area (Å²) in [5.74, 6) is -1.42. The highest BCUT2D eigenvalue weighted by molar-refractivity contribution is 6.01. The summed E-state index contributed by atoms with van der Waals surface area (Å²) < 4.78 is 13.4. The molecule has 0 saturated carbocycles. The lowest BCUT2D eigenvalue weighted by molar-refractivity contribution is -0.126. The number of anilines is 1. The number of carbonyl (C=O) groups is 2. The molecule has 140 valence electrons. The summed E-state index contributed by atoms with van der Waals surface area (Å²) in [5.41, 5.74) is 2.32. The van der Waals surface area contributed by atoms with Gasteiger partial charge in [0.05, 0.1) is 5.92 Å². The molecule has 0 aliphatic carbocycles. The van der Waals surface area contributed by atoms with Crippen molar-refractivity contribution in [3.63, 3.8) is 0 Å². The first kappa shape index (κ1) is 17.7. The van der Waals surface area contributed by atoms with Gasteiger partial charge in [-0.2, -0.15) is 0 Å². The fourth-order valence-corrected chi connectivity index (χ4v) is 3.91. The molecule has 2 N–H and O–H groups in total. The van der Waals surface area contributed by atoms with Crippen LogP contribution >= 0.6 is 0 Å². The van der Waals surface area contributed by atoms with Crippen molar-refractivity contribution in [1.29, 1.82) is 0 Å². The summed E-state index contributed by atoms with van der Waals surface area (Å²) in [6.07, 6.45) is 0.971. The molecule has 1 saturated heterocycles. The molecule has 0 radical (unpaired) electrons. The molecule has 2 atom stereocenters. The molecule has 0 bridgehead atoms. The molecule has 2 aliphatic rings. The standard InChI is InChI=1S/C21H22FN3O2/c22-15-6-7-17-18(11-20(26)24-19(17)10-15)21(27)23-16-8-9-25(13-16)12-14-4-2-1-3-5-14/h1-7,10,16,18H,8-9,11-13H2,(H,23,27)(H,24,26). The number of hydrogen-bond donors (Lipinski definition) is 2. The third-order valence-corrected chi connectivity index (χ3v) is 5.24. The lowest BCUT2D eigenvalue weighted by Gasteiger charge is -2.26. The Morgan fingerprint density at radius 2 is 2.04 bits per heavy atom. The van der Waals surface area contributed by atoms with Gasteiger partial charge in [0, 0.05) is 37.8 Å². The number of amides is 2. The molecule has 2 aromatic carbocycles. The van der Waals surface area contributed by atoms with E-state index in [4.69, 9.17) is 0 Å². The fraction of sp³-hybridized carbons (Fsp3) is 0.333. The number of benzene rings is 2. The molecule has 0 spiro atoms. The average Bonchev–Trinajstić information content (AvgIpc) is 3.08. The van der Waals surface area contributed by atoms with Crippen LogP contribution in [0.1, 0.15) is 29.9 Å². The van der Waals surface area contributed by atoms with Crippen LogP contribution in [0.4, 0.5) is 10.1 Å². The van der Waals surface area contributed by atoms with Crippen LogP contribution in [0.3, 0.4) is 0 Å². The van der Waals surface area contributed by atoms with Crippen molar-refractivity contribution >= 4 is 17.5 Å². The first-order valence-corrected chi connectivity index (χ1v) is 9.24. The van der Waals surface area contributed by atoms with Crippen LogP contribution in [0.5, 0.6) is 0 Å². The zero-order valence-electron chi connectivity index (χ0n) is 15.0. The summed E-state index contributed by atoms with van der Waals surface area (Å²) in [5, 5.41) is 5.73. The van der Waals surface area contributed by atoms with Gasteiger partial charge in [-0.25, -0.2) is 4.39 Å². The van der Waals surface area contributed by atoms with Crippen molar-refractivity contribution in [2.24, 2.45) is 0 Å². The van der Waals surface area contributed by atoms with Gasteiger partial charge in [-0.1, -0.05) is 36.4 Å². The summed E-state index contributed by atoms with van der Waals surface area (Å²) in [6, 6.07) is 14.5. The number of fused-ring (bicyclic) bond motifs is 1. The monoisotopic (exact) mass is 367 g/mol. The highest BCUT2D eigenvalue weighted by atomic mass is 19.1. The second-order valence-corrected chi connectivity index (χ2v) is 7.25. The van der Waals surface area contributed by atoms with E-state index in [0.717, 1.165) is 26.1 Å². The quantitative estimate of drug-likeness (QED) is 0.873. The van der Waals surface area contributed by atoms with Gasteiger partial charge in [0.15, 0.2) is 0 Å². The molecule has 2 amide bonds. The predicted molar refractivity (Wildman–Crippen MR) is 101 cm³/mol. The number of nitrogens with zero attached hydrogens (tertiary/aromatic N) is 1. The number of carbonyl (C=O) groups excluding carboxylic acids is 2. The number of nitrogens with one attached hydrogen (secondary N) is 2. The number of halogens is 1. The summed E-state index contributed by atoms with van der Waals surface area (Å²) >= 11 is 0. The van der Waals surface area contributed by atoms with E-state index in [9.17, 15) is 14.0 Å². The Balaban J connectivity index is 1.39. The first-order valence-electron chi connectivity index (χ1n) is 9.24. The number of hydrogen-bond acceptors (Lipinski definition) is 3. The van der Waals surface area contributed by atoms with Gasteiger partial charge in [-0.3, -0.25) is 14.5 Å². The largest absolute Gasteiger partial charge is 0.351 e. The minimum Gasteiger partial charge on any atom is -0.351 e. The van der Waals surface area contributed by atoms with Crippen LogP contribution in [-0.4, -0.2) is 35.8 Å². The van der Waals surface area contributed by atoms with Crippen molar-refractivity contribution in [2.75, 3.05) is 18.4 Å². The zero-order chi connectivity index (χ0) is 18.8. The maximum atomic E-state index is 13.4. The summed E-state index contributed by atoms with van der Waals surface area (Å²) in [6.45, 7) is 2.57. The van der Waals surface area contributed by atoms with Gasteiger partial charge >= 0.3 is 0 Å². The molecule has 2 heterocycles. The Kier molecular flexibility index (Phi) is 4.90. The van der Waals surface area contributed by atoms with Crippen LogP contribution in [0, 0.1) is 5.82 Å².